The van der Waals surface area contributed by atoms with E-state index in [9.17, 15) is 18.7 Å². The van der Waals surface area contributed by atoms with Crippen molar-refractivity contribution in [2.24, 2.45) is 5.73 Å². The molecule has 1 aromatic heterocycles. The van der Waals surface area contributed by atoms with Gasteiger partial charge in [0, 0.05) is 6.07 Å². The molecule has 19 heavy (non-hydrogen) atoms. The van der Waals surface area contributed by atoms with Crippen LogP contribution in [0.2, 0.25) is 0 Å². The van der Waals surface area contributed by atoms with Crippen molar-refractivity contribution in [1.29, 1.82) is 0 Å². The van der Waals surface area contributed by atoms with Gasteiger partial charge in [0.1, 0.15) is 11.7 Å². The number of amides is 1. The lowest BCUT2D eigenvalue weighted by molar-refractivity contribution is -0.775. The van der Waals surface area contributed by atoms with E-state index in [1.165, 1.54) is 18.3 Å². The van der Waals surface area contributed by atoms with Gasteiger partial charge < -0.3 is 20.7 Å². The largest absolute Gasteiger partial charge is 0.394 e. The molecule has 3 atom stereocenters. The van der Waals surface area contributed by atoms with E-state index in [4.69, 9.17) is 15.6 Å². The Morgan fingerprint density at radius 1 is 1.58 bits per heavy atom. The maximum atomic E-state index is 13.8. The molecule has 6 nitrogen and oxygen atoms in total. The van der Waals surface area contributed by atoms with Crippen molar-refractivity contribution in [3.05, 3.63) is 30.1 Å². The highest BCUT2D eigenvalue weighted by molar-refractivity contribution is 5.92. The highest BCUT2D eigenvalue weighted by Gasteiger charge is 2.63. The number of aromatic nitrogens is 1. The molecule has 0 aliphatic carbocycles. The number of aliphatic hydroxyl groups is 2. The van der Waals surface area contributed by atoms with Crippen molar-refractivity contribution in [3.8, 4) is 0 Å². The fourth-order valence-electron chi connectivity index (χ4n) is 1.92. The molecule has 2 rings (SSSR count). The van der Waals surface area contributed by atoms with Crippen LogP contribution in [0.3, 0.4) is 0 Å². The van der Waals surface area contributed by atoms with Crippen LogP contribution in [-0.4, -0.2) is 40.9 Å². The summed E-state index contributed by atoms with van der Waals surface area (Å²) >= 11 is 0. The minimum absolute atomic E-state index is 0.0313. The van der Waals surface area contributed by atoms with Gasteiger partial charge in [-0.2, -0.15) is 13.3 Å². The summed E-state index contributed by atoms with van der Waals surface area (Å²) in [6, 6.07) is 2.73. The molecule has 4 N–H and O–H groups in total. The Labute approximate surface area is 107 Å². The number of carbonyl (C=O) groups excluding carboxylic acids is 1. The summed E-state index contributed by atoms with van der Waals surface area (Å²) in [5, 5.41) is 18.3. The van der Waals surface area contributed by atoms with Crippen LogP contribution in [0.1, 0.15) is 16.6 Å². The number of aliphatic hydroxyl groups excluding tert-OH is 2. The molecule has 0 bridgehead atoms. The number of pyridine rings is 1. The topological polar surface area (TPSA) is 96.7 Å². The summed E-state index contributed by atoms with van der Waals surface area (Å²) in [4.78, 5) is 11.0. The number of hydrogen-bond acceptors (Lipinski definition) is 4. The smallest absolute Gasteiger partial charge is 0.362 e. The fraction of sp³-hybridized carbons (Fsp3) is 0.455. The predicted molar refractivity (Wildman–Crippen MR) is 57.1 cm³/mol. The number of alkyl halides is 2. The van der Waals surface area contributed by atoms with Crippen LogP contribution >= 0.6 is 0 Å². The molecule has 1 aromatic rings. The van der Waals surface area contributed by atoms with Crippen molar-refractivity contribution in [2.75, 3.05) is 6.61 Å². The second-order valence-electron chi connectivity index (χ2n) is 4.23. The van der Waals surface area contributed by atoms with E-state index < -0.39 is 36.9 Å². The number of nitrogens with two attached hydrogens (primary N) is 1. The maximum Gasteiger partial charge on any atom is 0.362 e. The molecule has 1 fully saturated rings. The fourth-order valence-corrected chi connectivity index (χ4v) is 1.92. The highest BCUT2D eigenvalue weighted by Crippen LogP contribution is 2.39. The average molecular weight is 275 g/mol. The molecule has 1 saturated heterocycles. The number of rotatable bonds is 3. The zero-order valence-corrected chi connectivity index (χ0v) is 9.74. The molecule has 0 spiro atoms. The van der Waals surface area contributed by atoms with Crippen LogP contribution in [0.15, 0.2) is 24.5 Å². The standard InChI is InChI=1S/C11H12F2N2O4/c12-11(13)8(17)7(5-16)19-10(11)15-3-1-2-6(4-15)9(14)18/h1-4,7-8,10,16-17H,5H2,(H-,14,18)/p+1/t7-,8+,10?/m1/s1. The summed E-state index contributed by atoms with van der Waals surface area (Å²) in [5.41, 5.74) is 5.09. The van der Waals surface area contributed by atoms with E-state index in [-0.39, 0.29) is 5.56 Å². The van der Waals surface area contributed by atoms with E-state index in [0.29, 0.717) is 0 Å². The lowest BCUT2D eigenvalue weighted by Gasteiger charge is -2.15. The van der Waals surface area contributed by atoms with Gasteiger partial charge in [0.15, 0.2) is 18.5 Å². The van der Waals surface area contributed by atoms with Crippen LogP contribution in [0, 0.1) is 0 Å². The average Bonchev–Trinajstić information content (AvgIpc) is 2.61. The Balaban J connectivity index is 2.36. The number of hydrogen-bond donors (Lipinski definition) is 3. The van der Waals surface area contributed by atoms with Crippen molar-refractivity contribution < 1.29 is 33.1 Å². The third-order valence-electron chi connectivity index (χ3n) is 2.94. The molecule has 0 saturated carbocycles. The SMILES string of the molecule is NC(=O)c1ccc[n+](C2O[C@H](CO)[C@H](O)C2(F)F)c1. The second kappa shape index (κ2) is 4.80. The predicted octanol–water partition coefficient (Wildman–Crippen LogP) is -1.04. The van der Waals surface area contributed by atoms with Gasteiger partial charge in [-0.3, -0.25) is 4.79 Å². The van der Waals surface area contributed by atoms with Gasteiger partial charge in [-0.05, 0) is 6.07 Å². The summed E-state index contributed by atoms with van der Waals surface area (Å²) in [6.45, 7) is -0.733. The van der Waals surface area contributed by atoms with E-state index in [1.807, 2.05) is 0 Å². The van der Waals surface area contributed by atoms with Crippen molar-refractivity contribution in [2.45, 2.75) is 24.4 Å². The van der Waals surface area contributed by atoms with Crippen molar-refractivity contribution in [1.82, 2.24) is 0 Å². The number of nitrogens with zero attached hydrogens (tertiary/aromatic N) is 1. The van der Waals surface area contributed by atoms with E-state index in [1.54, 1.807) is 0 Å². The Morgan fingerprint density at radius 3 is 2.79 bits per heavy atom. The lowest BCUT2D eigenvalue weighted by Crippen LogP contribution is -2.50. The summed E-state index contributed by atoms with van der Waals surface area (Å²) in [7, 11) is 0. The summed E-state index contributed by atoms with van der Waals surface area (Å²) in [5.74, 6) is -4.36. The molecule has 1 aliphatic heterocycles. The molecule has 1 unspecified atom stereocenters. The van der Waals surface area contributed by atoms with Crippen molar-refractivity contribution >= 4 is 5.91 Å². The summed E-state index contributed by atoms with van der Waals surface area (Å²) < 4.78 is 33.5. The van der Waals surface area contributed by atoms with Gasteiger partial charge in [0.05, 0.1) is 6.61 Å². The second-order valence-corrected chi connectivity index (χ2v) is 4.23. The van der Waals surface area contributed by atoms with Crippen LogP contribution in [0.25, 0.3) is 0 Å². The monoisotopic (exact) mass is 275 g/mol. The van der Waals surface area contributed by atoms with E-state index in [2.05, 4.69) is 0 Å². The van der Waals surface area contributed by atoms with Crippen LogP contribution < -0.4 is 10.3 Å². The van der Waals surface area contributed by atoms with Gasteiger partial charge in [0.2, 0.25) is 0 Å². The van der Waals surface area contributed by atoms with E-state index in [0.717, 1.165) is 10.8 Å². The number of halogens is 2. The Kier molecular flexibility index (Phi) is 3.48. The quantitative estimate of drug-likeness (QED) is 0.614. The van der Waals surface area contributed by atoms with Crippen molar-refractivity contribution in [3.63, 3.8) is 0 Å². The normalized spacial score (nSPS) is 29.4. The van der Waals surface area contributed by atoms with Crippen LogP contribution in [0.5, 0.6) is 0 Å². The summed E-state index contributed by atoms with van der Waals surface area (Å²) in [6.07, 6.45) is -2.94. The molecule has 104 valence electrons. The minimum Gasteiger partial charge on any atom is -0.394 e. The lowest BCUT2D eigenvalue weighted by atomic mass is 10.1. The molecular weight excluding hydrogens is 262 g/mol. The molecule has 2 heterocycles. The third kappa shape index (κ3) is 2.29. The molecule has 1 aliphatic rings. The van der Waals surface area contributed by atoms with E-state index >= 15 is 0 Å². The zero-order valence-electron chi connectivity index (χ0n) is 9.74. The number of ether oxygens (including phenoxy) is 1. The van der Waals surface area contributed by atoms with Gasteiger partial charge in [-0.25, -0.2) is 0 Å². The molecule has 1 amide bonds. The molecule has 0 aromatic carbocycles. The molecular formula is C11H13F2N2O4+. The van der Waals surface area contributed by atoms with Gasteiger partial charge in [-0.1, -0.05) is 0 Å². The molecule has 0 radical (unpaired) electrons. The first kappa shape index (κ1) is 13.8. The van der Waals surface area contributed by atoms with Crippen LogP contribution in [0.4, 0.5) is 8.78 Å². The minimum atomic E-state index is -3.59. The Morgan fingerprint density at radius 2 is 2.26 bits per heavy atom. The third-order valence-corrected chi connectivity index (χ3v) is 2.94. The zero-order chi connectivity index (χ0) is 14.2. The van der Waals surface area contributed by atoms with Gasteiger partial charge >= 0.3 is 12.2 Å². The molecule has 8 heteroatoms. The Hall–Kier alpha value is -1.64. The number of primary amides is 1. The maximum absolute atomic E-state index is 13.8. The van der Waals surface area contributed by atoms with Gasteiger partial charge in [0.25, 0.3) is 5.91 Å². The first-order chi connectivity index (χ1) is 8.87. The van der Waals surface area contributed by atoms with Crippen LogP contribution in [-0.2, 0) is 4.74 Å². The Bertz CT molecular complexity index is 497. The highest BCUT2D eigenvalue weighted by atomic mass is 19.3. The first-order valence-electron chi connectivity index (χ1n) is 5.50. The van der Waals surface area contributed by atoms with Gasteiger partial charge in [-0.15, -0.1) is 0 Å². The first-order valence-corrected chi connectivity index (χ1v) is 5.50. The number of carbonyl (C=O) groups is 1.